The van der Waals surface area contributed by atoms with Crippen molar-refractivity contribution < 1.29 is 19.7 Å². The predicted octanol–water partition coefficient (Wildman–Crippen LogP) is 2.14. The number of methoxy groups -OCH3 is 2. The Morgan fingerprint density at radius 1 is 1.10 bits per heavy atom. The second-order valence-corrected chi connectivity index (χ2v) is 4.92. The first-order valence-electron chi connectivity index (χ1n) is 6.77. The molecule has 0 aromatic heterocycles. The highest BCUT2D eigenvalue weighted by Crippen LogP contribution is 2.36. The lowest BCUT2D eigenvalue weighted by Gasteiger charge is -2.34. The molecule has 0 amide bonds. The third-order valence-corrected chi connectivity index (χ3v) is 3.50. The molecule has 2 N–H and O–H groups in total. The highest BCUT2D eigenvalue weighted by molar-refractivity contribution is 5.45. The van der Waals surface area contributed by atoms with Crippen LogP contribution in [0, 0.1) is 0 Å². The summed E-state index contributed by atoms with van der Waals surface area (Å²) >= 11 is 0. The average molecular weight is 283 g/mol. The molecular formula is C15H25NO4. The summed E-state index contributed by atoms with van der Waals surface area (Å²) in [4.78, 5) is 2.14. The van der Waals surface area contributed by atoms with Gasteiger partial charge in [-0.15, -0.1) is 0 Å². The molecule has 0 spiro atoms. The van der Waals surface area contributed by atoms with Crippen molar-refractivity contribution in [2.24, 2.45) is 0 Å². The van der Waals surface area contributed by atoms with Crippen molar-refractivity contribution >= 4 is 0 Å². The molecule has 1 aromatic carbocycles. The van der Waals surface area contributed by atoms with Crippen LogP contribution in [0.4, 0.5) is 0 Å². The predicted molar refractivity (Wildman–Crippen MR) is 78.1 cm³/mol. The Morgan fingerprint density at radius 2 is 1.70 bits per heavy atom. The number of hydrogen-bond donors (Lipinski definition) is 2. The van der Waals surface area contributed by atoms with Crippen molar-refractivity contribution in [3.63, 3.8) is 0 Å². The molecule has 114 valence electrons. The lowest BCUT2D eigenvalue weighted by atomic mass is 10.0. The molecule has 0 heterocycles. The maximum atomic E-state index is 10.00. The summed E-state index contributed by atoms with van der Waals surface area (Å²) in [7, 11) is 3.31. The van der Waals surface area contributed by atoms with Crippen LogP contribution in [-0.2, 0) is 9.47 Å². The highest BCUT2D eigenvalue weighted by Gasteiger charge is 2.25. The first-order chi connectivity index (χ1) is 9.52. The number of benzene rings is 1. The van der Waals surface area contributed by atoms with Crippen molar-refractivity contribution in [3.8, 4) is 11.5 Å². The van der Waals surface area contributed by atoms with Crippen molar-refractivity contribution in [1.29, 1.82) is 0 Å². The first-order valence-corrected chi connectivity index (χ1v) is 6.77. The lowest BCUT2D eigenvalue weighted by Crippen LogP contribution is -2.40. The topological polar surface area (TPSA) is 62.2 Å². The van der Waals surface area contributed by atoms with Crippen LogP contribution in [0.1, 0.15) is 25.5 Å². The summed E-state index contributed by atoms with van der Waals surface area (Å²) in [6, 6.07) is 4.79. The highest BCUT2D eigenvalue weighted by atomic mass is 16.5. The van der Waals surface area contributed by atoms with Gasteiger partial charge in [0.1, 0.15) is 11.5 Å². The van der Waals surface area contributed by atoms with Gasteiger partial charge in [0.25, 0.3) is 0 Å². The molecule has 0 saturated carbocycles. The van der Waals surface area contributed by atoms with Crippen LogP contribution >= 0.6 is 0 Å². The van der Waals surface area contributed by atoms with E-state index in [4.69, 9.17) is 9.47 Å². The van der Waals surface area contributed by atoms with Gasteiger partial charge in [-0.05, 0) is 26.0 Å². The SMILES string of the molecule is COCCN(C(C)COC)C(C)c1c(O)cccc1O. The largest absolute Gasteiger partial charge is 0.507 e. The number of nitrogens with zero attached hydrogens (tertiary/aromatic N) is 1. The van der Waals surface area contributed by atoms with Gasteiger partial charge in [0, 0.05) is 32.8 Å². The van der Waals surface area contributed by atoms with Crippen molar-refractivity contribution in [2.45, 2.75) is 25.9 Å². The minimum Gasteiger partial charge on any atom is -0.507 e. The fourth-order valence-electron chi connectivity index (χ4n) is 2.46. The van der Waals surface area contributed by atoms with Crippen molar-refractivity contribution in [1.82, 2.24) is 4.90 Å². The smallest absolute Gasteiger partial charge is 0.124 e. The second kappa shape index (κ2) is 8.09. The van der Waals surface area contributed by atoms with Gasteiger partial charge in [-0.2, -0.15) is 0 Å². The summed E-state index contributed by atoms with van der Waals surface area (Å²) in [6.07, 6.45) is 0. The molecule has 2 unspecified atom stereocenters. The number of aromatic hydroxyl groups is 2. The van der Waals surface area contributed by atoms with E-state index in [1.165, 1.54) is 0 Å². The van der Waals surface area contributed by atoms with Gasteiger partial charge in [0.15, 0.2) is 0 Å². The molecule has 0 bridgehead atoms. The monoisotopic (exact) mass is 283 g/mol. The Balaban J connectivity index is 2.99. The molecule has 0 saturated heterocycles. The van der Waals surface area contributed by atoms with E-state index >= 15 is 0 Å². The minimum absolute atomic E-state index is 0.101. The normalized spacial score (nSPS) is 14.4. The second-order valence-electron chi connectivity index (χ2n) is 4.92. The quantitative estimate of drug-likeness (QED) is 0.765. The van der Waals surface area contributed by atoms with Crippen molar-refractivity contribution in [3.05, 3.63) is 23.8 Å². The lowest BCUT2D eigenvalue weighted by molar-refractivity contribution is 0.0501. The molecule has 0 aliphatic rings. The molecule has 5 heteroatoms. The molecule has 5 nitrogen and oxygen atoms in total. The summed E-state index contributed by atoms with van der Waals surface area (Å²) in [5, 5.41) is 20.0. The van der Waals surface area contributed by atoms with Gasteiger partial charge in [-0.3, -0.25) is 4.90 Å². The number of ether oxygens (including phenoxy) is 2. The molecule has 0 radical (unpaired) electrons. The Bertz CT molecular complexity index is 391. The molecule has 1 rings (SSSR count). The third-order valence-electron chi connectivity index (χ3n) is 3.50. The molecule has 0 fully saturated rings. The van der Waals surface area contributed by atoms with E-state index in [1.807, 2.05) is 13.8 Å². The Kier molecular flexibility index (Phi) is 6.78. The minimum atomic E-state index is -0.142. The van der Waals surface area contributed by atoms with Crippen molar-refractivity contribution in [2.75, 3.05) is 34.0 Å². The Labute approximate surface area is 120 Å². The van der Waals surface area contributed by atoms with Gasteiger partial charge in [-0.25, -0.2) is 0 Å². The van der Waals surface area contributed by atoms with Crippen LogP contribution in [0.15, 0.2) is 18.2 Å². The van der Waals surface area contributed by atoms with Crippen LogP contribution in [0.5, 0.6) is 11.5 Å². The fraction of sp³-hybridized carbons (Fsp3) is 0.600. The maximum Gasteiger partial charge on any atom is 0.124 e. The van der Waals surface area contributed by atoms with E-state index in [0.29, 0.717) is 25.3 Å². The third kappa shape index (κ3) is 4.10. The zero-order chi connectivity index (χ0) is 15.1. The number of rotatable bonds is 8. The van der Waals surface area contributed by atoms with E-state index in [0.717, 1.165) is 0 Å². The summed E-state index contributed by atoms with van der Waals surface area (Å²) < 4.78 is 10.3. The average Bonchev–Trinajstić information content (AvgIpc) is 2.39. The number of phenolic OH excluding ortho intramolecular Hbond substituents is 2. The van der Waals surface area contributed by atoms with Crippen LogP contribution < -0.4 is 0 Å². The summed E-state index contributed by atoms with van der Waals surface area (Å²) in [5.74, 6) is 0.203. The number of hydrogen-bond acceptors (Lipinski definition) is 5. The van der Waals surface area contributed by atoms with Gasteiger partial charge in [-0.1, -0.05) is 6.07 Å². The van der Waals surface area contributed by atoms with E-state index in [-0.39, 0.29) is 23.6 Å². The van der Waals surface area contributed by atoms with E-state index < -0.39 is 0 Å². The zero-order valence-electron chi connectivity index (χ0n) is 12.7. The fourth-order valence-corrected chi connectivity index (χ4v) is 2.46. The van der Waals surface area contributed by atoms with E-state index in [9.17, 15) is 10.2 Å². The van der Waals surface area contributed by atoms with E-state index in [1.54, 1.807) is 32.4 Å². The molecule has 20 heavy (non-hydrogen) atoms. The summed E-state index contributed by atoms with van der Waals surface area (Å²) in [5.41, 5.74) is 0.534. The Morgan fingerprint density at radius 3 is 2.20 bits per heavy atom. The molecule has 1 aromatic rings. The molecular weight excluding hydrogens is 258 g/mol. The van der Waals surface area contributed by atoms with Crippen LogP contribution in [0.2, 0.25) is 0 Å². The van der Waals surface area contributed by atoms with Crippen LogP contribution in [-0.4, -0.2) is 55.1 Å². The molecule has 2 atom stereocenters. The molecule has 0 aliphatic carbocycles. The van der Waals surface area contributed by atoms with Gasteiger partial charge < -0.3 is 19.7 Å². The van der Waals surface area contributed by atoms with E-state index in [2.05, 4.69) is 4.90 Å². The number of phenols is 2. The maximum absolute atomic E-state index is 10.00. The molecule has 0 aliphatic heterocycles. The van der Waals surface area contributed by atoms with Gasteiger partial charge in [0.2, 0.25) is 0 Å². The first kappa shape index (κ1) is 16.8. The van der Waals surface area contributed by atoms with Gasteiger partial charge >= 0.3 is 0 Å². The van der Waals surface area contributed by atoms with Crippen LogP contribution in [0.3, 0.4) is 0 Å². The standard InChI is InChI=1S/C15H25NO4/c1-11(10-20-4)16(8-9-19-3)12(2)15-13(17)6-5-7-14(15)18/h5-7,11-12,17-18H,8-10H2,1-4H3. The summed E-state index contributed by atoms with van der Waals surface area (Å²) in [6.45, 7) is 5.84. The van der Waals surface area contributed by atoms with Crippen LogP contribution in [0.25, 0.3) is 0 Å². The van der Waals surface area contributed by atoms with Gasteiger partial charge in [0.05, 0.1) is 18.8 Å². The Hall–Kier alpha value is -1.30. The zero-order valence-corrected chi connectivity index (χ0v) is 12.7.